The van der Waals surface area contributed by atoms with Crippen molar-refractivity contribution in [2.24, 2.45) is 0 Å². The van der Waals surface area contributed by atoms with Crippen LogP contribution in [0.3, 0.4) is 0 Å². The molecule has 1 N–H and O–H groups in total. The number of nitrogens with zero attached hydrogens (tertiary/aromatic N) is 2. The van der Waals surface area contributed by atoms with Gasteiger partial charge in [0.15, 0.2) is 5.69 Å². The van der Waals surface area contributed by atoms with E-state index >= 15 is 0 Å². The zero-order valence-corrected chi connectivity index (χ0v) is 14.6. The minimum Gasteiger partial charge on any atom is -0.476 e. The monoisotopic (exact) mass is 366 g/mol. The molecule has 1 aromatic carbocycles. The van der Waals surface area contributed by atoms with Crippen LogP contribution in [0.15, 0.2) is 29.6 Å². The van der Waals surface area contributed by atoms with E-state index in [2.05, 4.69) is 5.10 Å². The van der Waals surface area contributed by atoms with Gasteiger partial charge in [-0.3, -0.25) is 0 Å². The second kappa shape index (κ2) is 6.00. The first-order valence-electron chi connectivity index (χ1n) is 6.72. The van der Waals surface area contributed by atoms with Crippen LogP contribution in [0.25, 0.3) is 16.3 Å². The summed E-state index contributed by atoms with van der Waals surface area (Å²) >= 11 is 13.8. The van der Waals surface area contributed by atoms with E-state index in [-0.39, 0.29) is 5.69 Å². The van der Waals surface area contributed by atoms with Gasteiger partial charge in [0.25, 0.3) is 0 Å². The molecule has 0 atom stereocenters. The molecule has 0 unspecified atom stereocenters. The predicted molar refractivity (Wildman–Crippen MR) is 93.3 cm³/mol. The van der Waals surface area contributed by atoms with Gasteiger partial charge >= 0.3 is 5.97 Å². The molecule has 0 spiro atoms. The number of carbonyl (C=O) groups is 1. The van der Waals surface area contributed by atoms with Crippen molar-refractivity contribution in [3.05, 3.63) is 56.5 Å². The predicted octanol–water partition coefficient (Wildman–Crippen LogP) is 5.22. The van der Waals surface area contributed by atoms with Gasteiger partial charge in [0.1, 0.15) is 0 Å². The Kier molecular flexibility index (Phi) is 4.19. The van der Waals surface area contributed by atoms with Crippen LogP contribution in [-0.4, -0.2) is 20.9 Å². The number of carboxylic acids is 1. The first-order valence-corrected chi connectivity index (χ1v) is 8.36. The lowest BCUT2D eigenvalue weighted by Crippen LogP contribution is -2.02. The van der Waals surface area contributed by atoms with Crippen molar-refractivity contribution in [3.63, 3.8) is 0 Å². The topological polar surface area (TPSA) is 55.1 Å². The van der Waals surface area contributed by atoms with Gasteiger partial charge in [-0.05, 0) is 49.1 Å². The average molecular weight is 367 g/mol. The maximum absolute atomic E-state index is 11.5. The molecule has 3 aromatic rings. The van der Waals surface area contributed by atoms with Crippen molar-refractivity contribution in [1.29, 1.82) is 0 Å². The van der Waals surface area contributed by atoms with Crippen molar-refractivity contribution >= 4 is 40.5 Å². The molecule has 0 fully saturated rings. The lowest BCUT2D eigenvalue weighted by molar-refractivity contribution is 0.0689. The van der Waals surface area contributed by atoms with Gasteiger partial charge in [0.2, 0.25) is 0 Å². The van der Waals surface area contributed by atoms with Crippen molar-refractivity contribution < 1.29 is 9.90 Å². The van der Waals surface area contributed by atoms with Gasteiger partial charge in [-0.15, -0.1) is 11.3 Å². The van der Waals surface area contributed by atoms with E-state index < -0.39 is 5.97 Å². The van der Waals surface area contributed by atoms with Crippen molar-refractivity contribution in [2.45, 2.75) is 13.8 Å². The molecule has 7 heteroatoms. The molecule has 0 saturated heterocycles. The zero-order valence-electron chi connectivity index (χ0n) is 12.3. The summed E-state index contributed by atoms with van der Waals surface area (Å²) < 4.78 is 1.57. The zero-order chi connectivity index (χ0) is 16.7. The fourth-order valence-electron chi connectivity index (χ4n) is 2.37. The Labute approximate surface area is 146 Å². The molecule has 0 saturated carbocycles. The summed E-state index contributed by atoms with van der Waals surface area (Å²) in [5.41, 5.74) is 3.04. The van der Waals surface area contributed by atoms with E-state index in [0.29, 0.717) is 21.3 Å². The second-order valence-electron chi connectivity index (χ2n) is 5.12. The second-order valence-corrected chi connectivity index (χ2v) is 6.88. The normalized spacial score (nSPS) is 11.0. The summed E-state index contributed by atoms with van der Waals surface area (Å²) in [6.07, 6.45) is 0. The van der Waals surface area contributed by atoms with Crippen molar-refractivity contribution in [2.75, 3.05) is 0 Å². The van der Waals surface area contributed by atoms with Gasteiger partial charge in [-0.2, -0.15) is 5.10 Å². The lowest BCUT2D eigenvalue weighted by Gasteiger charge is -2.09. The van der Waals surface area contributed by atoms with Crippen LogP contribution in [-0.2, 0) is 0 Å². The van der Waals surface area contributed by atoms with Crippen LogP contribution < -0.4 is 0 Å². The van der Waals surface area contributed by atoms with Crippen LogP contribution in [0, 0.1) is 13.8 Å². The number of aryl methyl sites for hydroxylation is 1. The summed E-state index contributed by atoms with van der Waals surface area (Å²) in [4.78, 5) is 12.4. The Hall–Kier alpha value is -1.82. The Morgan fingerprint density at radius 3 is 2.57 bits per heavy atom. The summed E-state index contributed by atoms with van der Waals surface area (Å²) in [6.45, 7) is 3.74. The Bertz CT molecular complexity index is 915. The first kappa shape index (κ1) is 16.1. The average Bonchev–Trinajstić information content (AvgIpc) is 3.02. The molecule has 23 heavy (non-hydrogen) atoms. The smallest absolute Gasteiger partial charge is 0.356 e. The molecule has 4 nitrogen and oxygen atoms in total. The maximum Gasteiger partial charge on any atom is 0.356 e. The van der Waals surface area contributed by atoms with E-state index in [1.165, 1.54) is 11.3 Å². The van der Waals surface area contributed by atoms with Crippen molar-refractivity contribution in [1.82, 2.24) is 9.78 Å². The lowest BCUT2D eigenvalue weighted by atomic mass is 10.1. The van der Waals surface area contributed by atoms with Crippen molar-refractivity contribution in [3.8, 4) is 16.3 Å². The Balaban J connectivity index is 2.31. The molecule has 0 bridgehead atoms. The van der Waals surface area contributed by atoms with Crippen LogP contribution in [0.5, 0.6) is 0 Å². The maximum atomic E-state index is 11.5. The molecule has 2 heterocycles. The third-order valence-corrected chi connectivity index (χ3v) is 5.02. The van der Waals surface area contributed by atoms with Gasteiger partial charge in [0.05, 0.1) is 21.3 Å². The molecule has 0 aliphatic rings. The number of hydrogen-bond donors (Lipinski definition) is 1. The minimum absolute atomic E-state index is 0.0112. The molecule has 2 aromatic heterocycles. The number of rotatable bonds is 3. The summed E-state index contributed by atoms with van der Waals surface area (Å²) in [7, 11) is 0. The number of aromatic carboxylic acids is 1. The quantitative estimate of drug-likeness (QED) is 0.690. The van der Waals surface area contributed by atoms with Crippen LogP contribution in [0.1, 0.15) is 21.6 Å². The van der Waals surface area contributed by atoms with Gasteiger partial charge < -0.3 is 5.11 Å². The van der Waals surface area contributed by atoms with E-state index in [4.69, 9.17) is 23.2 Å². The third kappa shape index (κ3) is 2.87. The molecule has 0 amide bonds. The first-order chi connectivity index (χ1) is 10.9. The van der Waals surface area contributed by atoms with E-state index in [0.717, 1.165) is 16.1 Å². The van der Waals surface area contributed by atoms with E-state index in [1.807, 2.05) is 18.4 Å². The number of carboxylic acid groups (broad SMARTS) is 1. The number of benzene rings is 1. The summed E-state index contributed by atoms with van der Waals surface area (Å²) in [6, 6.07) is 7.04. The molecule has 0 aliphatic carbocycles. The van der Waals surface area contributed by atoms with Gasteiger partial charge in [-0.25, -0.2) is 9.48 Å². The molecule has 0 radical (unpaired) electrons. The van der Waals surface area contributed by atoms with Gasteiger partial charge in [0, 0.05) is 10.6 Å². The van der Waals surface area contributed by atoms with E-state index in [1.54, 1.807) is 29.8 Å². The largest absolute Gasteiger partial charge is 0.476 e. The Morgan fingerprint density at radius 2 is 2.00 bits per heavy atom. The SMILES string of the molecule is Cc1csc(-c2c(C)c(C(=O)O)nn2-c2ccc(Cl)cc2Cl)c1. The molecule has 0 aliphatic heterocycles. The molecule has 3 rings (SSSR count). The number of halogens is 2. The fourth-order valence-corrected chi connectivity index (χ4v) is 3.85. The Morgan fingerprint density at radius 1 is 1.26 bits per heavy atom. The fraction of sp³-hybridized carbons (Fsp3) is 0.125. The highest BCUT2D eigenvalue weighted by Gasteiger charge is 2.23. The standard InChI is InChI=1S/C16H12Cl2N2O2S/c1-8-5-13(23-7-8)15-9(2)14(16(21)22)19-20(15)12-4-3-10(17)6-11(12)18/h3-7H,1-2H3,(H,21,22). The molecular weight excluding hydrogens is 355 g/mol. The number of hydrogen-bond acceptors (Lipinski definition) is 3. The van der Waals surface area contributed by atoms with Crippen LogP contribution >= 0.6 is 34.5 Å². The highest BCUT2D eigenvalue weighted by atomic mass is 35.5. The van der Waals surface area contributed by atoms with E-state index in [9.17, 15) is 9.90 Å². The van der Waals surface area contributed by atoms with Crippen LogP contribution in [0.2, 0.25) is 10.0 Å². The number of thiophene rings is 1. The van der Waals surface area contributed by atoms with Crippen LogP contribution in [0.4, 0.5) is 0 Å². The summed E-state index contributed by atoms with van der Waals surface area (Å²) in [5, 5.41) is 16.6. The summed E-state index contributed by atoms with van der Waals surface area (Å²) in [5.74, 6) is -1.07. The molecule has 118 valence electrons. The highest BCUT2D eigenvalue weighted by Crippen LogP contribution is 2.35. The van der Waals surface area contributed by atoms with Gasteiger partial charge in [-0.1, -0.05) is 23.2 Å². The number of aromatic nitrogens is 2. The molecular formula is C16H12Cl2N2O2S. The minimum atomic E-state index is -1.07. The highest BCUT2D eigenvalue weighted by molar-refractivity contribution is 7.13. The third-order valence-electron chi connectivity index (χ3n) is 3.43.